The number of aliphatic imine (C=N–C) groups is 1. The van der Waals surface area contributed by atoms with E-state index >= 15 is 0 Å². The van der Waals surface area contributed by atoms with E-state index in [1.165, 1.54) is 38.3 Å². The van der Waals surface area contributed by atoms with Gasteiger partial charge in [-0.3, -0.25) is 4.99 Å². The van der Waals surface area contributed by atoms with Crippen molar-refractivity contribution in [3.63, 3.8) is 0 Å². The third kappa shape index (κ3) is 4.80. The summed E-state index contributed by atoms with van der Waals surface area (Å²) in [6.45, 7) is 0.843. The maximum Gasteiger partial charge on any atom is 0.433 e. The number of rotatable bonds is 5. The highest BCUT2D eigenvalue weighted by atomic mass is 19.4. The molecule has 2 aromatic rings. The van der Waals surface area contributed by atoms with Gasteiger partial charge in [0.15, 0.2) is 0 Å². The Hall–Kier alpha value is -2.90. The average molecular weight is 415 g/mol. The van der Waals surface area contributed by atoms with Crippen LogP contribution in [-0.4, -0.2) is 27.5 Å². The first-order valence-corrected chi connectivity index (χ1v) is 10.3. The first-order chi connectivity index (χ1) is 14.5. The summed E-state index contributed by atoms with van der Waals surface area (Å²) in [6, 6.07) is 4.40. The second-order valence-corrected chi connectivity index (χ2v) is 7.68. The summed E-state index contributed by atoms with van der Waals surface area (Å²) in [7, 11) is 0. The van der Waals surface area contributed by atoms with Crippen LogP contribution < -0.4 is 5.32 Å². The van der Waals surface area contributed by atoms with Crippen molar-refractivity contribution >= 4 is 17.6 Å². The average Bonchev–Trinajstić information content (AvgIpc) is 3.03. The molecule has 2 aromatic heterocycles. The lowest BCUT2D eigenvalue weighted by molar-refractivity contribution is -0.142. The van der Waals surface area contributed by atoms with Crippen molar-refractivity contribution < 1.29 is 13.2 Å². The van der Waals surface area contributed by atoms with Crippen molar-refractivity contribution in [1.82, 2.24) is 14.8 Å². The van der Waals surface area contributed by atoms with Gasteiger partial charge in [-0.15, -0.1) is 0 Å². The summed E-state index contributed by atoms with van der Waals surface area (Å²) in [5.74, 6) is 1.30. The Balaban J connectivity index is 1.55. The van der Waals surface area contributed by atoms with Gasteiger partial charge in [0.2, 0.25) is 0 Å². The number of allylic oxidation sites excluding steroid dienone is 3. The molecule has 0 amide bonds. The molecule has 0 aromatic carbocycles. The topological polar surface area (TPSA) is 55.1 Å². The second-order valence-electron chi connectivity index (χ2n) is 7.68. The second kappa shape index (κ2) is 8.85. The predicted octanol–water partition coefficient (Wildman–Crippen LogP) is 5.65. The van der Waals surface area contributed by atoms with E-state index in [0.29, 0.717) is 23.7 Å². The van der Waals surface area contributed by atoms with Gasteiger partial charge < -0.3 is 5.32 Å². The molecule has 4 rings (SSSR count). The van der Waals surface area contributed by atoms with E-state index in [1.807, 2.05) is 0 Å². The maximum atomic E-state index is 13.6. The number of nitrogens with one attached hydrogen (secondary N) is 1. The predicted molar refractivity (Wildman–Crippen MR) is 112 cm³/mol. The minimum Gasteiger partial charge on any atom is -0.370 e. The molecule has 1 aliphatic carbocycles. The summed E-state index contributed by atoms with van der Waals surface area (Å²) in [5.41, 5.74) is 0.402. The summed E-state index contributed by atoms with van der Waals surface area (Å²) < 4.78 is 41.9. The standard InChI is InChI=1S/C22H24F3N5/c23-22(24,25)20-13-19(17-7-4-11-26-12-10-17)29-30(20)18-8-9-21(28-15-18)27-14-16-5-2-1-3-6-16/h4,7-9,11-13,15-16H,1-3,5-6,10,14H2,(H,27,28). The van der Waals surface area contributed by atoms with Crippen molar-refractivity contribution in [2.45, 2.75) is 44.7 Å². The normalized spacial score (nSPS) is 17.6. The molecule has 8 heteroatoms. The third-order valence-electron chi connectivity index (χ3n) is 5.50. The lowest BCUT2D eigenvalue weighted by Gasteiger charge is -2.22. The highest BCUT2D eigenvalue weighted by Gasteiger charge is 2.36. The van der Waals surface area contributed by atoms with E-state index in [0.717, 1.165) is 17.3 Å². The summed E-state index contributed by atoms with van der Waals surface area (Å²) in [5, 5.41) is 7.54. The number of aromatic nitrogens is 3. The van der Waals surface area contributed by atoms with Crippen molar-refractivity contribution in [3.8, 4) is 5.69 Å². The van der Waals surface area contributed by atoms with Crippen LogP contribution in [0.4, 0.5) is 19.0 Å². The number of nitrogens with zero attached hydrogens (tertiary/aromatic N) is 4. The highest BCUT2D eigenvalue weighted by molar-refractivity contribution is 5.80. The molecule has 3 heterocycles. The zero-order chi connectivity index (χ0) is 21.0. The van der Waals surface area contributed by atoms with Gasteiger partial charge in [-0.1, -0.05) is 25.3 Å². The molecule has 0 atom stereocenters. The van der Waals surface area contributed by atoms with Gasteiger partial charge >= 0.3 is 6.18 Å². The van der Waals surface area contributed by atoms with Crippen LogP contribution in [0.1, 0.15) is 49.9 Å². The monoisotopic (exact) mass is 415 g/mol. The van der Waals surface area contributed by atoms with Crippen LogP contribution in [0, 0.1) is 5.92 Å². The zero-order valence-corrected chi connectivity index (χ0v) is 16.6. The molecule has 0 radical (unpaired) electrons. The molecular formula is C22H24F3N5. The molecule has 0 spiro atoms. The van der Waals surface area contributed by atoms with Crippen LogP contribution in [0.25, 0.3) is 11.3 Å². The number of hydrogen-bond donors (Lipinski definition) is 1. The van der Waals surface area contributed by atoms with Crippen molar-refractivity contribution in [1.29, 1.82) is 0 Å². The number of alkyl halides is 3. The SMILES string of the molecule is FC(F)(F)c1cc(C2=CC=CN=CC2)nn1-c1ccc(NCC2CCCCC2)nc1. The van der Waals surface area contributed by atoms with Gasteiger partial charge in [0.05, 0.1) is 17.6 Å². The summed E-state index contributed by atoms with van der Waals surface area (Å²) >= 11 is 0. The van der Waals surface area contributed by atoms with Crippen molar-refractivity contribution in [2.24, 2.45) is 10.9 Å². The Morgan fingerprint density at radius 3 is 2.70 bits per heavy atom. The largest absolute Gasteiger partial charge is 0.433 e. The Bertz CT molecular complexity index is 948. The first-order valence-electron chi connectivity index (χ1n) is 10.3. The number of hydrogen-bond acceptors (Lipinski definition) is 4. The molecule has 2 aliphatic rings. The number of halogens is 3. The summed E-state index contributed by atoms with van der Waals surface area (Å²) in [6.07, 6.45) is 10.2. The van der Waals surface area contributed by atoms with Crippen LogP contribution in [0.2, 0.25) is 0 Å². The van der Waals surface area contributed by atoms with E-state index in [2.05, 4.69) is 20.4 Å². The van der Waals surface area contributed by atoms with Crippen LogP contribution in [0.15, 0.2) is 47.7 Å². The Labute approximate surface area is 173 Å². The minimum absolute atomic E-state index is 0.273. The Kier molecular flexibility index (Phi) is 6.01. The smallest absolute Gasteiger partial charge is 0.370 e. The van der Waals surface area contributed by atoms with E-state index in [1.54, 1.807) is 36.7 Å². The fourth-order valence-corrected chi connectivity index (χ4v) is 3.87. The summed E-state index contributed by atoms with van der Waals surface area (Å²) in [4.78, 5) is 8.33. The molecule has 1 aliphatic heterocycles. The molecule has 158 valence electrons. The molecule has 30 heavy (non-hydrogen) atoms. The van der Waals surface area contributed by atoms with Crippen LogP contribution >= 0.6 is 0 Å². The molecule has 0 unspecified atom stereocenters. The van der Waals surface area contributed by atoms with E-state index in [9.17, 15) is 13.2 Å². The van der Waals surface area contributed by atoms with Crippen molar-refractivity contribution in [3.05, 3.63) is 54.1 Å². The lowest BCUT2D eigenvalue weighted by atomic mass is 9.89. The van der Waals surface area contributed by atoms with Gasteiger partial charge in [0.25, 0.3) is 0 Å². The molecule has 1 N–H and O–H groups in total. The van der Waals surface area contributed by atoms with Crippen LogP contribution in [0.5, 0.6) is 0 Å². The van der Waals surface area contributed by atoms with Gasteiger partial charge in [-0.05, 0) is 48.6 Å². The number of anilines is 1. The zero-order valence-electron chi connectivity index (χ0n) is 16.6. The Morgan fingerprint density at radius 2 is 1.97 bits per heavy atom. The van der Waals surface area contributed by atoms with Crippen molar-refractivity contribution in [2.75, 3.05) is 11.9 Å². The van der Waals surface area contributed by atoms with Gasteiger partial charge in [0, 0.05) is 25.4 Å². The fourth-order valence-electron chi connectivity index (χ4n) is 3.87. The van der Waals surface area contributed by atoms with E-state index in [-0.39, 0.29) is 11.4 Å². The lowest BCUT2D eigenvalue weighted by Crippen LogP contribution is -2.17. The van der Waals surface area contributed by atoms with E-state index < -0.39 is 11.9 Å². The fraction of sp³-hybridized carbons (Fsp3) is 0.409. The van der Waals surface area contributed by atoms with Gasteiger partial charge in [-0.25, -0.2) is 9.67 Å². The molecule has 0 bridgehead atoms. The van der Waals surface area contributed by atoms with Gasteiger partial charge in [0.1, 0.15) is 11.5 Å². The van der Waals surface area contributed by atoms with Gasteiger partial charge in [-0.2, -0.15) is 18.3 Å². The first kappa shape index (κ1) is 20.4. The maximum absolute atomic E-state index is 13.6. The quantitative estimate of drug-likeness (QED) is 0.687. The minimum atomic E-state index is -4.53. The highest BCUT2D eigenvalue weighted by Crippen LogP contribution is 2.33. The third-order valence-corrected chi connectivity index (χ3v) is 5.50. The molecule has 1 fully saturated rings. The molecule has 5 nitrogen and oxygen atoms in total. The van der Waals surface area contributed by atoms with Crippen LogP contribution in [0.3, 0.4) is 0 Å². The molecule has 0 saturated heterocycles. The van der Waals surface area contributed by atoms with E-state index in [4.69, 9.17) is 0 Å². The molecular weight excluding hydrogens is 391 g/mol. The molecule has 1 saturated carbocycles. The van der Waals surface area contributed by atoms with Crippen LogP contribution in [-0.2, 0) is 6.18 Å². The Morgan fingerprint density at radius 1 is 1.13 bits per heavy atom. The number of pyridine rings is 1.